The lowest BCUT2D eigenvalue weighted by Gasteiger charge is -2.15. The van der Waals surface area contributed by atoms with E-state index in [4.69, 9.17) is 5.11 Å². The molecule has 0 aliphatic heterocycles. The first-order valence-corrected chi connectivity index (χ1v) is 4.85. The molecule has 0 bridgehead atoms. The summed E-state index contributed by atoms with van der Waals surface area (Å²) >= 11 is 0. The molecule has 1 unspecified atom stereocenters. The molecule has 1 atom stereocenters. The Labute approximate surface area is 99.9 Å². The number of ether oxygens (including phenoxy) is 1. The van der Waals surface area contributed by atoms with Gasteiger partial charge in [-0.3, -0.25) is 10.1 Å². The molecular formula is C10H10F3NO4. The Bertz CT molecular complexity index is 447. The summed E-state index contributed by atoms with van der Waals surface area (Å²) in [5.74, 6) is -0.302. The third-order valence-corrected chi connectivity index (χ3v) is 2.16. The van der Waals surface area contributed by atoms with Gasteiger partial charge in [-0.15, -0.1) is 0 Å². The maximum atomic E-state index is 12.0. The van der Waals surface area contributed by atoms with Gasteiger partial charge in [-0.05, 0) is 13.0 Å². The lowest BCUT2D eigenvalue weighted by atomic mass is 10.2. The third kappa shape index (κ3) is 3.33. The SMILES string of the molecule is Cc1cccc(OCC(O)C(F)(F)F)c1[N+](=O)[O-]. The minimum atomic E-state index is -4.82. The summed E-state index contributed by atoms with van der Waals surface area (Å²) in [5, 5.41) is 19.5. The van der Waals surface area contributed by atoms with Gasteiger partial charge in [-0.2, -0.15) is 13.2 Å². The second-order valence-corrected chi connectivity index (χ2v) is 3.55. The number of aliphatic hydroxyl groups is 1. The van der Waals surface area contributed by atoms with Gasteiger partial charge in [-0.25, -0.2) is 0 Å². The maximum Gasteiger partial charge on any atom is 0.417 e. The van der Waals surface area contributed by atoms with Crippen LogP contribution in [0.15, 0.2) is 18.2 Å². The van der Waals surface area contributed by atoms with Crippen molar-refractivity contribution in [2.45, 2.75) is 19.2 Å². The van der Waals surface area contributed by atoms with Crippen LogP contribution in [-0.4, -0.2) is 28.9 Å². The Balaban J connectivity index is 2.86. The van der Waals surface area contributed by atoms with Crippen LogP contribution in [0.1, 0.15) is 5.56 Å². The first kappa shape index (κ1) is 14.2. The molecule has 0 amide bonds. The minimum absolute atomic E-state index is 0.263. The molecule has 0 heterocycles. The van der Waals surface area contributed by atoms with Gasteiger partial charge in [0, 0.05) is 5.56 Å². The van der Waals surface area contributed by atoms with Crippen molar-refractivity contribution >= 4 is 5.69 Å². The van der Waals surface area contributed by atoms with E-state index in [1.165, 1.54) is 25.1 Å². The van der Waals surface area contributed by atoms with Crippen LogP contribution in [0, 0.1) is 17.0 Å². The summed E-state index contributed by atoms with van der Waals surface area (Å²) in [5.41, 5.74) is -0.147. The average Bonchev–Trinajstić information content (AvgIpc) is 2.23. The molecule has 0 aliphatic rings. The van der Waals surface area contributed by atoms with Gasteiger partial charge >= 0.3 is 11.9 Å². The molecule has 1 rings (SSSR count). The van der Waals surface area contributed by atoms with Crippen LogP contribution in [0.5, 0.6) is 5.75 Å². The second kappa shape index (κ2) is 5.21. The fourth-order valence-corrected chi connectivity index (χ4v) is 1.25. The molecule has 0 aromatic heterocycles. The Morgan fingerprint density at radius 3 is 2.61 bits per heavy atom. The van der Waals surface area contributed by atoms with Crippen LogP contribution in [0.3, 0.4) is 0 Å². The van der Waals surface area contributed by atoms with E-state index in [-0.39, 0.29) is 11.3 Å². The first-order chi connectivity index (χ1) is 8.23. The lowest BCUT2D eigenvalue weighted by molar-refractivity contribution is -0.386. The van der Waals surface area contributed by atoms with Crippen LogP contribution >= 0.6 is 0 Å². The topological polar surface area (TPSA) is 72.6 Å². The fraction of sp³-hybridized carbons (Fsp3) is 0.400. The number of nitro groups is 1. The zero-order valence-corrected chi connectivity index (χ0v) is 9.27. The van der Waals surface area contributed by atoms with Gasteiger partial charge in [0.2, 0.25) is 0 Å². The van der Waals surface area contributed by atoms with Gasteiger partial charge in [0.15, 0.2) is 11.9 Å². The molecule has 100 valence electrons. The third-order valence-electron chi connectivity index (χ3n) is 2.16. The number of nitro benzene ring substituents is 1. The van der Waals surface area contributed by atoms with E-state index < -0.39 is 29.5 Å². The van der Waals surface area contributed by atoms with Crippen molar-refractivity contribution in [1.82, 2.24) is 0 Å². The monoisotopic (exact) mass is 265 g/mol. The number of hydrogen-bond donors (Lipinski definition) is 1. The van der Waals surface area contributed by atoms with Gasteiger partial charge in [0.1, 0.15) is 6.61 Å². The summed E-state index contributed by atoms with van der Waals surface area (Å²) in [6.45, 7) is 0.346. The summed E-state index contributed by atoms with van der Waals surface area (Å²) in [7, 11) is 0. The van der Waals surface area contributed by atoms with Crippen molar-refractivity contribution < 1.29 is 27.9 Å². The highest BCUT2D eigenvalue weighted by molar-refractivity contribution is 5.52. The molecule has 0 fully saturated rings. The number of benzene rings is 1. The molecule has 1 aromatic carbocycles. The molecule has 0 aliphatic carbocycles. The summed E-state index contributed by atoms with van der Waals surface area (Å²) in [6.07, 6.45) is -7.50. The van der Waals surface area contributed by atoms with Gasteiger partial charge in [0.25, 0.3) is 0 Å². The Hall–Kier alpha value is -1.83. The van der Waals surface area contributed by atoms with Gasteiger partial charge in [0.05, 0.1) is 4.92 Å². The van der Waals surface area contributed by atoms with E-state index >= 15 is 0 Å². The number of aryl methyl sites for hydroxylation is 1. The molecule has 18 heavy (non-hydrogen) atoms. The van der Waals surface area contributed by atoms with E-state index in [0.717, 1.165) is 0 Å². The van der Waals surface area contributed by atoms with Crippen molar-refractivity contribution in [3.05, 3.63) is 33.9 Å². The summed E-state index contributed by atoms with van der Waals surface area (Å²) < 4.78 is 40.7. The molecule has 0 spiro atoms. The maximum absolute atomic E-state index is 12.0. The predicted octanol–water partition coefficient (Wildman–Crippen LogP) is 2.21. The van der Waals surface area contributed by atoms with Crippen LogP contribution < -0.4 is 4.74 Å². The average molecular weight is 265 g/mol. The predicted molar refractivity (Wildman–Crippen MR) is 55.4 cm³/mol. The number of alkyl halides is 3. The highest BCUT2D eigenvalue weighted by Gasteiger charge is 2.39. The zero-order chi connectivity index (χ0) is 13.9. The van der Waals surface area contributed by atoms with E-state index in [9.17, 15) is 23.3 Å². The van der Waals surface area contributed by atoms with E-state index in [1.807, 2.05) is 0 Å². The Morgan fingerprint density at radius 2 is 2.11 bits per heavy atom. The molecule has 1 aromatic rings. The zero-order valence-electron chi connectivity index (χ0n) is 9.27. The summed E-state index contributed by atoms with van der Waals surface area (Å²) in [4.78, 5) is 9.98. The number of nitrogens with zero attached hydrogens (tertiary/aromatic N) is 1. The number of para-hydroxylation sites is 1. The molecular weight excluding hydrogens is 255 g/mol. The minimum Gasteiger partial charge on any atom is -0.484 e. The first-order valence-electron chi connectivity index (χ1n) is 4.85. The second-order valence-electron chi connectivity index (χ2n) is 3.55. The van der Waals surface area contributed by atoms with Crippen LogP contribution in [0.25, 0.3) is 0 Å². The van der Waals surface area contributed by atoms with Gasteiger partial charge < -0.3 is 9.84 Å². The van der Waals surface area contributed by atoms with Crippen molar-refractivity contribution in [3.8, 4) is 5.75 Å². The number of hydrogen-bond acceptors (Lipinski definition) is 4. The van der Waals surface area contributed by atoms with E-state index in [1.54, 1.807) is 0 Å². The Kier molecular flexibility index (Phi) is 4.12. The van der Waals surface area contributed by atoms with Gasteiger partial charge in [-0.1, -0.05) is 12.1 Å². The van der Waals surface area contributed by atoms with Crippen LogP contribution in [0.4, 0.5) is 18.9 Å². The number of rotatable bonds is 4. The lowest BCUT2D eigenvalue weighted by Crippen LogP contribution is -2.34. The summed E-state index contributed by atoms with van der Waals surface area (Å²) in [6, 6.07) is 4.02. The van der Waals surface area contributed by atoms with E-state index in [2.05, 4.69) is 4.74 Å². The molecule has 0 saturated carbocycles. The van der Waals surface area contributed by atoms with Crippen molar-refractivity contribution in [2.24, 2.45) is 0 Å². The normalized spacial score (nSPS) is 13.2. The number of aliphatic hydroxyl groups excluding tert-OH is 1. The Morgan fingerprint density at radius 1 is 1.50 bits per heavy atom. The van der Waals surface area contributed by atoms with Crippen LogP contribution in [0.2, 0.25) is 0 Å². The number of halogens is 3. The quantitative estimate of drug-likeness (QED) is 0.669. The largest absolute Gasteiger partial charge is 0.484 e. The van der Waals surface area contributed by atoms with Crippen molar-refractivity contribution in [3.63, 3.8) is 0 Å². The standard InChI is InChI=1S/C10H10F3NO4/c1-6-3-2-4-7(9(6)14(16)17)18-5-8(15)10(11,12)13/h2-4,8,15H,5H2,1H3. The van der Waals surface area contributed by atoms with Crippen molar-refractivity contribution in [2.75, 3.05) is 6.61 Å². The highest BCUT2D eigenvalue weighted by Crippen LogP contribution is 2.31. The van der Waals surface area contributed by atoms with E-state index in [0.29, 0.717) is 0 Å². The smallest absolute Gasteiger partial charge is 0.417 e. The molecule has 0 radical (unpaired) electrons. The molecule has 5 nitrogen and oxygen atoms in total. The van der Waals surface area contributed by atoms with Crippen LogP contribution in [-0.2, 0) is 0 Å². The highest BCUT2D eigenvalue weighted by atomic mass is 19.4. The molecule has 0 saturated heterocycles. The fourth-order valence-electron chi connectivity index (χ4n) is 1.25. The van der Waals surface area contributed by atoms with Crippen molar-refractivity contribution in [1.29, 1.82) is 0 Å². The molecule has 1 N–H and O–H groups in total. The molecule has 8 heteroatoms.